The van der Waals surface area contributed by atoms with Gasteiger partial charge in [0.15, 0.2) is 0 Å². The van der Waals surface area contributed by atoms with E-state index in [9.17, 15) is 10.2 Å². The standard InChI is InChI=1S/C14H28O8/c15-11-13-14(12-16)22-10-8-20-6-4-18-2-1-17-3-5-19-7-9-21-13/h13-16H,1-12H2/t13-,14-/m1/s1. The zero-order valence-corrected chi connectivity index (χ0v) is 13.0. The van der Waals surface area contributed by atoms with Gasteiger partial charge in [0.05, 0.1) is 79.3 Å². The third-order valence-corrected chi connectivity index (χ3v) is 3.01. The maximum absolute atomic E-state index is 9.32. The van der Waals surface area contributed by atoms with Gasteiger partial charge < -0.3 is 38.6 Å². The molecule has 0 spiro atoms. The van der Waals surface area contributed by atoms with Gasteiger partial charge in [-0.3, -0.25) is 0 Å². The summed E-state index contributed by atoms with van der Waals surface area (Å²) in [7, 11) is 0. The van der Waals surface area contributed by atoms with Crippen LogP contribution in [-0.2, 0) is 28.4 Å². The molecule has 0 aliphatic carbocycles. The monoisotopic (exact) mass is 324 g/mol. The van der Waals surface area contributed by atoms with Gasteiger partial charge in [-0.25, -0.2) is 0 Å². The van der Waals surface area contributed by atoms with E-state index >= 15 is 0 Å². The van der Waals surface area contributed by atoms with Gasteiger partial charge in [-0.1, -0.05) is 0 Å². The van der Waals surface area contributed by atoms with Crippen molar-refractivity contribution in [2.45, 2.75) is 12.2 Å². The van der Waals surface area contributed by atoms with Crippen LogP contribution in [0.2, 0.25) is 0 Å². The molecule has 0 bridgehead atoms. The SMILES string of the molecule is OC[C@H]1OCCOCCOCCOCCOCCO[C@@H]1CO. The van der Waals surface area contributed by atoms with Gasteiger partial charge in [-0.2, -0.15) is 0 Å². The molecule has 8 heteroatoms. The number of aliphatic hydroxyl groups is 2. The first-order valence-electron chi connectivity index (χ1n) is 7.64. The van der Waals surface area contributed by atoms with E-state index in [4.69, 9.17) is 28.4 Å². The predicted octanol–water partition coefficient (Wildman–Crippen LogP) is -1.18. The molecule has 1 fully saturated rings. The third kappa shape index (κ3) is 9.65. The molecule has 1 rings (SSSR count). The first kappa shape index (κ1) is 19.7. The lowest BCUT2D eigenvalue weighted by Gasteiger charge is -2.24. The number of aliphatic hydroxyl groups excluding tert-OH is 2. The molecule has 2 atom stereocenters. The summed E-state index contributed by atoms with van der Waals surface area (Å²) in [6, 6.07) is 0. The highest BCUT2D eigenvalue weighted by atomic mass is 16.6. The van der Waals surface area contributed by atoms with Gasteiger partial charge in [-0.05, 0) is 0 Å². The summed E-state index contributed by atoms with van der Waals surface area (Å²) < 4.78 is 32.3. The molecule has 0 radical (unpaired) electrons. The Labute approximate surface area is 131 Å². The molecule has 22 heavy (non-hydrogen) atoms. The molecule has 1 aliphatic heterocycles. The van der Waals surface area contributed by atoms with Gasteiger partial charge >= 0.3 is 0 Å². The highest BCUT2D eigenvalue weighted by molar-refractivity contribution is 4.69. The zero-order chi connectivity index (χ0) is 15.9. The van der Waals surface area contributed by atoms with Gasteiger partial charge in [-0.15, -0.1) is 0 Å². The minimum atomic E-state index is -0.591. The summed E-state index contributed by atoms with van der Waals surface area (Å²) >= 11 is 0. The van der Waals surface area contributed by atoms with Crippen molar-refractivity contribution in [2.75, 3.05) is 79.3 Å². The Morgan fingerprint density at radius 3 is 1.05 bits per heavy atom. The van der Waals surface area contributed by atoms with Gasteiger partial charge in [0.25, 0.3) is 0 Å². The van der Waals surface area contributed by atoms with E-state index in [0.717, 1.165) is 0 Å². The summed E-state index contributed by atoms with van der Waals surface area (Å²) in [5, 5.41) is 18.6. The van der Waals surface area contributed by atoms with E-state index < -0.39 is 12.2 Å². The minimum Gasteiger partial charge on any atom is -0.394 e. The smallest absolute Gasteiger partial charge is 0.109 e. The van der Waals surface area contributed by atoms with Crippen LogP contribution in [0.5, 0.6) is 0 Å². The summed E-state index contributed by atoms with van der Waals surface area (Å²) in [4.78, 5) is 0. The molecular weight excluding hydrogens is 296 g/mol. The molecule has 0 unspecified atom stereocenters. The van der Waals surface area contributed by atoms with Crippen LogP contribution in [0.25, 0.3) is 0 Å². The first-order valence-corrected chi connectivity index (χ1v) is 7.64. The molecule has 0 aromatic heterocycles. The Hall–Kier alpha value is -0.320. The number of hydrogen-bond donors (Lipinski definition) is 2. The maximum atomic E-state index is 9.32. The molecule has 1 aliphatic rings. The van der Waals surface area contributed by atoms with Crippen molar-refractivity contribution in [3.8, 4) is 0 Å². The van der Waals surface area contributed by atoms with Crippen LogP contribution in [0.15, 0.2) is 0 Å². The molecule has 0 aromatic rings. The Kier molecular flexibility index (Phi) is 12.8. The van der Waals surface area contributed by atoms with Crippen LogP contribution >= 0.6 is 0 Å². The molecule has 0 aromatic carbocycles. The first-order chi connectivity index (χ1) is 10.9. The molecular formula is C14H28O8. The number of rotatable bonds is 2. The number of hydrogen-bond acceptors (Lipinski definition) is 8. The minimum absolute atomic E-state index is 0.233. The quantitative estimate of drug-likeness (QED) is 0.655. The van der Waals surface area contributed by atoms with E-state index in [0.29, 0.717) is 66.1 Å². The summed E-state index contributed by atoms with van der Waals surface area (Å²) in [5.74, 6) is 0. The van der Waals surface area contributed by atoms with Gasteiger partial charge in [0.1, 0.15) is 12.2 Å². The van der Waals surface area contributed by atoms with Gasteiger partial charge in [0.2, 0.25) is 0 Å². The molecule has 132 valence electrons. The fourth-order valence-electron chi connectivity index (χ4n) is 1.83. The zero-order valence-electron chi connectivity index (χ0n) is 13.0. The molecule has 0 saturated carbocycles. The van der Waals surface area contributed by atoms with Crippen LogP contribution in [0.3, 0.4) is 0 Å². The second-order valence-electron chi connectivity index (χ2n) is 4.63. The lowest BCUT2D eigenvalue weighted by molar-refractivity contribution is -0.125. The summed E-state index contributed by atoms with van der Waals surface area (Å²) in [6.45, 7) is 3.89. The second kappa shape index (κ2) is 14.3. The van der Waals surface area contributed by atoms with E-state index in [1.165, 1.54) is 0 Å². The molecule has 2 N–H and O–H groups in total. The third-order valence-electron chi connectivity index (χ3n) is 3.01. The van der Waals surface area contributed by atoms with Gasteiger partial charge in [0, 0.05) is 0 Å². The Balaban J connectivity index is 2.32. The van der Waals surface area contributed by atoms with E-state index in [-0.39, 0.29) is 13.2 Å². The summed E-state index contributed by atoms with van der Waals surface area (Å²) in [5.41, 5.74) is 0. The fourth-order valence-corrected chi connectivity index (χ4v) is 1.83. The van der Waals surface area contributed by atoms with Crippen molar-refractivity contribution >= 4 is 0 Å². The maximum Gasteiger partial charge on any atom is 0.109 e. The lowest BCUT2D eigenvalue weighted by atomic mass is 10.2. The number of ether oxygens (including phenoxy) is 6. The van der Waals surface area contributed by atoms with Crippen LogP contribution in [0.1, 0.15) is 0 Å². The normalized spacial score (nSPS) is 28.6. The van der Waals surface area contributed by atoms with Crippen LogP contribution < -0.4 is 0 Å². The predicted molar refractivity (Wildman–Crippen MR) is 76.9 cm³/mol. The van der Waals surface area contributed by atoms with Crippen molar-refractivity contribution in [2.24, 2.45) is 0 Å². The van der Waals surface area contributed by atoms with Crippen LogP contribution in [0, 0.1) is 0 Å². The van der Waals surface area contributed by atoms with Crippen molar-refractivity contribution in [1.82, 2.24) is 0 Å². The Bertz CT molecular complexity index is 217. The summed E-state index contributed by atoms with van der Waals surface area (Å²) in [6.07, 6.45) is -1.18. The molecule has 1 heterocycles. The van der Waals surface area contributed by atoms with Crippen molar-refractivity contribution in [3.05, 3.63) is 0 Å². The van der Waals surface area contributed by atoms with Crippen molar-refractivity contribution < 1.29 is 38.6 Å². The fraction of sp³-hybridized carbons (Fsp3) is 1.00. The van der Waals surface area contributed by atoms with E-state index in [1.807, 2.05) is 0 Å². The lowest BCUT2D eigenvalue weighted by Crippen LogP contribution is -2.39. The van der Waals surface area contributed by atoms with E-state index in [2.05, 4.69) is 0 Å². The second-order valence-corrected chi connectivity index (χ2v) is 4.63. The van der Waals surface area contributed by atoms with E-state index in [1.54, 1.807) is 0 Å². The highest BCUT2D eigenvalue weighted by Crippen LogP contribution is 2.04. The average Bonchev–Trinajstić information content (AvgIpc) is 2.54. The Morgan fingerprint density at radius 2 is 0.773 bits per heavy atom. The topological polar surface area (TPSA) is 95.8 Å². The van der Waals surface area contributed by atoms with Crippen molar-refractivity contribution in [1.29, 1.82) is 0 Å². The molecule has 8 nitrogen and oxygen atoms in total. The van der Waals surface area contributed by atoms with Crippen LogP contribution in [-0.4, -0.2) is 102 Å². The molecule has 0 amide bonds. The molecule has 1 saturated heterocycles. The highest BCUT2D eigenvalue weighted by Gasteiger charge is 2.21. The average molecular weight is 324 g/mol. The van der Waals surface area contributed by atoms with Crippen molar-refractivity contribution in [3.63, 3.8) is 0 Å². The largest absolute Gasteiger partial charge is 0.394 e. The Morgan fingerprint density at radius 1 is 0.500 bits per heavy atom. The van der Waals surface area contributed by atoms with Crippen LogP contribution in [0.4, 0.5) is 0 Å².